The van der Waals surface area contributed by atoms with E-state index in [2.05, 4.69) is 9.97 Å². The second-order valence-corrected chi connectivity index (χ2v) is 1.86. The summed E-state index contributed by atoms with van der Waals surface area (Å²) in [6.07, 6.45) is 0. The lowest BCUT2D eigenvalue weighted by Gasteiger charge is -1.93. The Morgan fingerprint density at radius 1 is 1.27 bits per heavy atom. The number of nitrogens with two attached hydrogens (primary N) is 2. The predicted molar refractivity (Wildman–Crippen MR) is 47.2 cm³/mol. The Balaban J connectivity index is 0.000000461. The van der Waals surface area contributed by atoms with Gasteiger partial charge in [-0.15, -0.1) is 0 Å². The summed E-state index contributed by atoms with van der Waals surface area (Å²) in [5.41, 5.74) is 10.4. The number of hydrogen-bond acceptors (Lipinski definition) is 4. The lowest BCUT2D eigenvalue weighted by Crippen LogP contribution is -1.98. The third-order valence-electron chi connectivity index (χ3n) is 0.732. The number of nitrogen functional groups attached to an aromatic ring is 2. The molecule has 0 aliphatic carbocycles. The minimum absolute atomic E-state index is 0.0972. The molecule has 0 aromatic carbocycles. The second-order valence-electron chi connectivity index (χ2n) is 1.47. The van der Waals surface area contributed by atoms with Crippen molar-refractivity contribution in [2.75, 3.05) is 11.5 Å². The Morgan fingerprint density at radius 2 is 1.82 bits per heavy atom. The van der Waals surface area contributed by atoms with Gasteiger partial charge in [0.1, 0.15) is 11.0 Å². The van der Waals surface area contributed by atoms with E-state index < -0.39 is 0 Å². The average Bonchev–Trinajstić information content (AvgIpc) is 1.88. The van der Waals surface area contributed by atoms with E-state index in [-0.39, 0.29) is 16.9 Å². The molecule has 0 radical (unpaired) electrons. The summed E-state index contributed by atoms with van der Waals surface area (Å²) in [6, 6.07) is 1.43. The van der Waals surface area contributed by atoms with Gasteiger partial charge in [0.2, 0.25) is 5.95 Å². The topological polar surface area (TPSA) is 77.8 Å². The molecule has 0 unspecified atom stereocenters. The molecule has 11 heavy (non-hydrogen) atoms. The Labute approximate surface area is 70.6 Å². The summed E-state index contributed by atoms with van der Waals surface area (Å²) in [4.78, 5) is 7.18. The van der Waals surface area contributed by atoms with Crippen LogP contribution in [0.2, 0.25) is 5.15 Å². The zero-order valence-corrected chi connectivity index (χ0v) is 7.26. The Morgan fingerprint density at radius 3 is 2.18 bits per heavy atom. The van der Waals surface area contributed by atoms with E-state index in [1.807, 2.05) is 13.8 Å². The van der Waals surface area contributed by atoms with Crippen molar-refractivity contribution < 1.29 is 0 Å². The number of hydrogen-bond donors (Lipinski definition) is 2. The summed E-state index contributed by atoms with van der Waals surface area (Å²) in [5.74, 6) is 0.382. The number of rotatable bonds is 0. The zero-order valence-electron chi connectivity index (χ0n) is 6.50. The van der Waals surface area contributed by atoms with Crippen molar-refractivity contribution in [3.63, 3.8) is 0 Å². The van der Waals surface area contributed by atoms with Crippen LogP contribution in [0.1, 0.15) is 13.8 Å². The maximum atomic E-state index is 5.44. The fourth-order valence-corrected chi connectivity index (χ4v) is 0.652. The van der Waals surface area contributed by atoms with E-state index in [0.29, 0.717) is 0 Å². The molecular formula is C6H11ClN4. The fraction of sp³-hybridized carbons (Fsp3) is 0.333. The molecular weight excluding hydrogens is 164 g/mol. The fourth-order valence-electron chi connectivity index (χ4n) is 0.453. The summed E-state index contributed by atoms with van der Waals surface area (Å²) < 4.78 is 0. The van der Waals surface area contributed by atoms with Gasteiger partial charge in [0, 0.05) is 6.07 Å². The number of halogens is 1. The molecule has 1 rings (SSSR count). The minimum Gasteiger partial charge on any atom is -0.383 e. The monoisotopic (exact) mass is 174 g/mol. The summed E-state index contributed by atoms with van der Waals surface area (Å²) in [6.45, 7) is 4.00. The van der Waals surface area contributed by atoms with Crippen LogP contribution in [-0.2, 0) is 0 Å². The van der Waals surface area contributed by atoms with Gasteiger partial charge in [-0.2, -0.15) is 4.98 Å². The van der Waals surface area contributed by atoms with Crippen LogP contribution >= 0.6 is 11.6 Å². The van der Waals surface area contributed by atoms with Gasteiger partial charge in [-0.25, -0.2) is 4.98 Å². The molecule has 62 valence electrons. The summed E-state index contributed by atoms with van der Waals surface area (Å²) in [7, 11) is 0. The summed E-state index contributed by atoms with van der Waals surface area (Å²) >= 11 is 5.44. The quantitative estimate of drug-likeness (QED) is 0.582. The first-order valence-electron chi connectivity index (χ1n) is 3.24. The van der Waals surface area contributed by atoms with Crippen LogP contribution in [-0.4, -0.2) is 9.97 Å². The Bertz CT molecular complexity index is 175. The molecule has 0 bridgehead atoms. The van der Waals surface area contributed by atoms with E-state index in [1.54, 1.807) is 0 Å². The molecule has 0 aliphatic heterocycles. The standard InChI is InChI=1S/C4H5ClN4.C2H6/c5-2-1-3(6)9-4(7)8-2;1-2/h1H,(H4,6,7,8,9);1-2H3. The first-order valence-corrected chi connectivity index (χ1v) is 3.62. The van der Waals surface area contributed by atoms with Gasteiger partial charge < -0.3 is 11.5 Å². The van der Waals surface area contributed by atoms with Crippen LogP contribution in [0.3, 0.4) is 0 Å². The highest BCUT2D eigenvalue weighted by Crippen LogP contribution is 2.08. The summed E-state index contributed by atoms with van der Waals surface area (Å²) in [5, 5.41) is 0.264. The zero-order chi connectivity index (χ0) is 8.85. The molecule has 0 saturated carbocycles. The van der Waals surface area contributed by atoms with Crippen molar-refractivity contribution in [2.45, 2.75) is 13.8 Å². The maximum absolute atomic E-state index is 5.44. The van der Waals surface area contributed by atoms with E-state index in [1.165, 1.54) is 6.07 Å². The van der Waals surface area contributed by atoms with Gasteiger partial charge in [-0.3, -0.25) is 0 Å². The molecule has 0 atom stereocenters. The van der Waals surface area contributed by atoms with Crippen molar-refractivity contribution in [2.24, 2.45) is 0 Å². The third-order valence-corrected chi connectivity index (χ3v) is 0.926. The van der Waals surface area contributed by atoms with Gasteiger partial charge in [0.05, 0.1) is 0 Å². The lowest BCUT2D eigenvalue weighted by molar-refractivity contribution is 1.19. The van der Waals surface area contributed by atoms with E-state index in [4.69, 9.17) is 23.1 Å². The van der Waals surface area contributed by atoms with Crippen molar-refractivity contribution in [1.82, 2.24) is 9.97 Å². The van der Waals surface area contributed by atoms with Crippen molar-refractivity contribution in [1.29, 1.82) is 0 Å². The van der Waals surface area contributed by atoms with Gasteiger partial charge in [-0.05, 0) is 0 Å². The highest BCUT2D eigenvalue weighted by Gasteiger charge is 1.93. The van der Waals surface area contributed by atoms with Crippen LogP contribution in [0.25, 0.3) is 0 Å². The molecule has 0 spiro atoms. The molecule has 0 fully saturated rings. The maximum Gasteiger partial charge on any atom is 0.223 e. The lowest BCUT2D eigenvalue weighted by atomic mass is 10.6. The molecule has 0 saturated heterocycles. The second kappa shape index (κ2) is 4.73. The molecule has 5 heteroatoms. The predicted octanol–water partition coefficient (Wildman–Crippen LogP) is 1.32. The average molecular weight is 175 g/mol. The van der Waals surface area contributed by atoms with Crippen LogP contribution in [0, 0.1) is 0 Å². The Hall–Kier alpha value is -1.03. The van der Waals surface area contributed by atoms with E-state index >= 15 is 0 Å². The number of nitrogens with zero attached hydrogens (tertiary/aromatic N) is 2. The first-order chi connectivity index (χ1) is 5.18. The Kier molecular flexibility index (Phi) is 4.29. The van der Waals surface area contributed by atoms with E-state index in [9.17, 15) is 0 Å². The minimum atomic E-state index is 0.0972. The van der Waals surface area contributed by atoms with Crippen molar-refractivity contribution in [3.8, 4) is 0 Å². The normalized spacial score (nSPS) is 8.27. The van der Waals surface area contributed by atoms with Crippen LogP contribution in [0.15, 0.2) is 6.07 Å². The van der Waals surface area contributed by atoms with Crippen LogP contribution in [0.5, 0.6) is 0 Å². The van der Waals surface area contributed by atoms with Gasteiger partial charge in [0.15, 0.2) is 0 Å². The van der Waals surface area contributed by atoms with Crippen molar-refractivity contribution >= 4 is 23.4 Å². The van der Waals surface area contributed by atoms with E-state index in [0.717, 1.165) is 0 Å². The molecule has 1 heterocycles. The van der Waals surface area contributed by atoms with Gasteiger partial charge >= 0.3 is 0 Å². The van der Waals surface area contributed by atoms with Crippen LogP contribution in [0.4, 0.5) is 11.8 Å². The SMILES string of the molecule is CC.Nc1cc(Cl)nc(N)n1. The van der Waals surface area contributed by atoms with Crippen LogP contribution < -0.4 is 11.5 Å². The molecule has 1 aromatic heterocycles. The number of aromatic nitrogens is 2. The molecule has 4 nitrogen and oxygen atoms in total. The molecule has 1 aromatic rings. The van der Waals surface area contributed by atoms with Crippen molar-refractivity contribution in [3.05, 3.63) is 11.2 Å². The highest BCUT2D eigenvalue weighted by molar-refractivity contribution is 6.29. The molecule has 4 N–H and O–H groups in total. The smallest absolute Gasteiger partial charge is 0.223 e. The number of anilines is 2. The van der Waals surface area contributed by atoms with Gasteiger partial charge in [-0.1, -0.05) is 25.4 Å². The molecule has 0 aliphatic rings. The molecule has 0 amide bonds. The largest absolute Gasteiger partial charge is 0.383 e. The highest BCUT2D eigenvalue weighted by atomic mass is 35.5. The first kappa shape index (κ1) is 9.97. The third kappa shape index (κ3) is 3.62. The van der Waals surface area contributed by atoms with Gasteiger partial charge in [0.25, 0.3) is 0 Å².